The molecule has 4 nitrogen and oxygen atoms in total. The first kappa shape index (κ1) is 18.9. The number of fused-ring (bicyclic) bond motifs is 5. The lowest BCUT2D eigenvalue weighted by atomic mass is 9.51. The molecule has 5 aliphatic rings. The van der Waals surface area contributed by atoms with E-state index in [1.165, 1.54) is 47.4 Å². The standard InChI is InChI=1S/C26H35N3O/c1-25(2)23-15-18-13-19-14-21(17-7-8-17)27-22(19)16-20(18)26(25,3)9-12-29(23)24(30)28-10-5-4-6-11-28/h13,16-17,23H,4-12,14-15H2,1-3H3/t23-,26+/m1/s1. The predicted octanol–water partition coefficient (Wildman–Crippen LogP) is 5.25. The number of amides is 2. The van der Waals surface area contributed by atoms with E-state index >= 15 is 0 Å². The number of carbonyl (C=O) groups excluding carboxylic acids is 1. The zero-order valence-corrected chi connectivity index (χ0v) is 18.8. The molecule has 1 aromatic rings. The topological polar surface area (TPSA) is 35.9 Å². The lowest BCUT2D eigenvalue weighted by Gasteiger charge is -2.61. The molecule has 0 aromatic heterocycles. The number of rotatable bonds is 1. The Morgan fingerprint density at radius 2 is 1.80 bits per heavy atom. The van der Waals surface area contributed by atoms with E-state index in [0.29, 0.717) is 6.03 Å². The summed E-state index contributed by atoms with van der Waals surface area (Å²) in [6, 6.07) is 5.46. The second-order valence-corrected chi connectivity index (χ2v) is 11.2. The Labute approximate surface area is 180 Å². The van der Waals surface area contributed by atoms with E-state index in [2.05, 4.69) is 42.7 Å². The van der Waals surface area contributed by atoms with Gasteiger partial charge in [0, 0.05) is 43.2 Å². The molecule has 2 bridgehead atoms. The zero-order valence-electron chi connectivity index (χ0n) is 18.8. The number of carbonyl (C=O) groups is 1. The minimum atomic E-state index is 0.0551. The van der Waals surface area contributed by atoms with Crippen molar-refractivity contribution in [2.24, 2.45) is 16.3 Å². The van der Waals surface area contributed by atoms with Crippen molar-refractivity contribution in [3.63, 3.8) is 0 Å². The van der Waals surface area contributed by atoms with Gasteiger partial charge in [-0.2, -0.15) is 0 Å². The van der Waals surface area contributed by atoms with Gasteiger partial charge in [0.15, 0.2) is 0 Å². The molecule has 3 fully saturated rings. The Balaban J connectivity index is 1.36. The molecule has 0 radical (unpaired) electrons. The summed E-state index contributed by atoms with van der Waals surface area (Å²) in [4.78, 5) is 22.9. The molecule has 1 saturated carbocycles. The molecule has 3 aliphatic heterocycles. The highest BCUT2D eigenvalue weighted by Crippen LogP contribution is 2.57. The van der Waals surface area contributed by atoms with Gasteiger partial charge in [0.25, 0.3) is 0 Å². The number of nitrogens with zero attached hydrogens (tertiary/aromatic N) is 3. The van der Waals surface area contributed by atoms with Gasteiger partial charge in [0.1, 0.15) is 0 Å². The third-order valence-electron chi connectivity index (χ3n) is 9.35. The summed E-state index contributed by atoms with van der Waals surface area (Å²) in [7, 11) is 0. The summed E-state index contributed by atoms with van der Waals surface area (Å²) < 4.78 is 0. The van der Waals surface area contributed by atoms with E-state index in [1.807, 2.05) is 0 Å². The van der Waals surface area contributed by atoms with Crippen molar-refractivity contribution in [2.45, 2.75) is 83.6 Å². The monoisotopic (exact) mass is 405 g/mol. The van der Waals surface area contributed by atoms with Crippen LogP contribution in [0.25, 0.3) is 0 Å². The number of urea groups is 1. The molecule has 4 heteroatoms. The molecule has 2 aliphatic carbocycles. The third-order valence-corrected chi connectivity index (χ3v) is 9.35. The second kappa shape index (κ2) is 6.34. The number of hydrogen-bond acceptors (Lipinski definition) is 2. The van der Waals surface area contributed by atoms with Crippen LogP contribution in [0.2, 0.25) is 0 Å². The van der Waals surface area contributed by atoms with Crippen molar-refractivity contribution >= 4 is 17.4 Å². The Hall–Kier alpha value is -1.84. The summed E-state index contributed by atoms with van der Waals surface area (Å²) >= 11 is 0. The SMILES string of the molecule is CC1(C)[C@H]2Cc3cc4c(cc3[C@]1(C)CCN2C(=O)N1CCCCC1)N=C(C1CC1)C4. The fourth-order valence-electron chi connectivity index (χ4n) is 6.78. The van der Waals surface area contributed by atoms with Crippen LogP contribution < -0.4 is 0 Å². The predicted molar refractivity (Wildman–Crippen MR) is 121 cm³/mol. The molecule has 160 valence electrons. The Kier molecular flexibility index (Phi) is 3.99. The van der Waals surface area contributed by atoms with E-state index in [0.717, 1.165) is 57.7 Å². The molecule has 2 saturated heterocycles. The lowest BCUT2D eigenvalue weighted by molar-refractivity contribution is -0.0242. The fourth-order valence-corrected chi connectivity index (χ4v) is 6.78. The Bertz CT molecular complexity index is 938. The number of aliphatic imine (C=N–C) groups is 1. The first-order valence-electron chi connectivity index (χ1n) is 12.2. The molecule has 6 rings (SSSR count). The highest BCUT2D eigenvalue weighted by atomic mass is 16.2. The van der Waals surface area contributed by atoms with Crippen LogP contribution in [0.3, 0.4) is 0 Å². The second-order valence-electron chi connectivity index (χ2n) is 11.2. The van der Waals surface area contributed by atoms with Crippen LogP contribution in [0.4, 0.5) is 10.5 Å². The summed E-state index contributed by atoms with van der Waals surface area (Å²) in [5.41, 5.74) is 7.21. The van der Waals surface area contributed by atoms with Crippen molar-refractivity contribution in [1.29, 1.82) is 0 Å². The van der Waals surface area contributed by atoms with E-state index < -0.39 is 0 Å². The zero-order chi connectivity index (χ0) is 20.7. The smallest absolute Gasteiger partial charge is 0.320 e. The number of likely N-dealkylation sites (tertiary alicyclic amines) is 2. The van der Waals surface area contributed by atoms with Crippen molar-refractivity contribution in [3.05, 3.63) is 28.8 Å². The van der Waals surface area contributed by atoms with Crippen LogP contribution in [0.15, 0.2) is 17.1 Å². The molecule has 30 heavy (non-hydrogen) atoms. The highest BCUT2D eigenvalue weighted by molar-refractivity contribution is 5.97. The van der Waals surface area contributed by atoms with E-state index in [4.69, 9.17) is 4.99 Å². The van der Waals surface area contributed by atoms with Gasteiger partial charge >= 0.3 is 6.03 Å². The van der Waals surface area contributed by atoms with Crippen LogP contribution in [0.1, 0.15) is 76.0 Å². The normalized spacial score (nSPS) is 31.8. The van der Waals surface area contributed by atoms with Gasteiger partial charge in [-0.1, -0.05) is 26.8 Å². The summed E-state index contributed by atoms with van der Waals surface area (Å²) in [6.07, 6.45) is 9.31. The number of hydrogen-bond donors (Lipinski definition) is 0. The Morgan fingerprint density at radius 1 is 1.03 bits per heavy atom. The largest absolute Gasteiger partial charge is 0.325 e. The molecule has 2 atom stereocenters. The number of benzene rings is 1. The van der Waals surface area contributed by atoms with Crippen LogP contribution >= 0.6 is 0 Å². The van der Waals surface area contributed by atoms with Gasteiger partial charge < -0.3 is 9.80 Å². The van der Waals surface area contributed by atoms with E-state index in [9.17, 15) is 4.79 Å². The van der Waals surface area contributed by atoms with Crippen molar-refractivity contribution in [2.75, 3.05) is 19.6 Å². The molecule has 3 heterocycles. The highest BCUT2D eigenvalue weighted by Gasteiger charge is 2.57. The van der Waals surface area contributed by atoms with Crippen LogP contribution in [0.5, 0.6) is 0 Å². The molecule has 2 amide bonds. The van der Waals surface area contributed by atoms with Gasteiger partial charge in [-0.3, -0.25) is 4.99 Å². The molecule has 1 aromatic carbocycles. The lowest BCUT2D eigenvalue weighted by Crippen LogP contribution is -2.66. The van der Waals surface area contributed by atoms with E-state index in [-0.39, 0.29) is 16.9 Å². The van der Waals surface area contributed by atoms with Gasteiger partial charge in [-0.15, -0.1) is 0 Å². The van der Waals surface area contributed by atoms with Crippen molar-refractivity contribution < 1.29 is 4.79 Å². The van der Waals surface area contributed by atoms with Crippen molar-refractivity contribution in [1.82, 2.24) is 9.80 Å². The summed E-state index contributed by atoms with van der Waals surface area (Å²) in [5.74, 6) is 0.748. The average molecular weight is 406 g/mol. The minimum Gasteiger partial charge on any atom is -0.325 e. The van der Waals surface area contributed by atoms with E-state index in [1.54, 1.807) is 0 Å². The van der Waals surface area contributed by atoms with Crippen LogP contribution in [-0.2, 0) is 18.3 Å². The average Bonchev–Trinajstić information content (AvgIpc) is 3.50. The first-order valence-corrected chi connectivity index (χ1v) is 12.2. The Morgan fingerprint density at radius 3 is 2.53 bits per heavy atom. The summed E-state index contributed by atoms with van der Waals surface area (Å²) in [6.45, 7) is 10.0. The number of piperidine rings is 2. The van der Waals surface area contributed by atoms with Gasteiger partial charge in [0.05, 0.1) is 5.69 Å². The van der Waals surface area contributed by atoms with Crippen molar-refractivity contribution in [3.8, 4) is 0 Å². The minimum absolute atomic E-state index is 0.0551. The maximum atomic E-state index is 13.5. The maximum Gasteiger partial charge on any atom is 0.320 e. The fraction of sp³-hybridized carbons (Fsp3) is 0.692. The van der Waals surface area contributed by atoms with Gasteiger partial charge in [-0.05, 0) is 79.0 Å². The quantitative estimate of drug-likeness (QED) is 0.629. The van der Waals surface area contributed by atoms with Gasteiger partial charge in [-0.25, -0.2) is 4.79 Å². The molecule has 0 spiro atoms. The maximum absolute atomic E-state index is 13.5. The molecular weight excluding hydrogens is 370 g/mol. The first-order chi connectivity index (χ1) is 14.4. The van der Waals surface area contributed by atoms with Crippen LogP contribution in [0, 0.1) is 11.3 Å². The van der Waals surface area contributed by atoms with Gasteiger partial charge in [0.2, 0.25) is 0 Å². The summed E-state index contributed by atoms with van der Waals surface area (Å²) in [5, 5.41) is 0. The molecule has 0 unspecified atom stereocenters. The van der Waals surface area contributed by atoms with Crippen LogP contribution in [-0.4, -0.2) is 47.2 Å². The molecule has 0 N–H and O–H groups in total. The third kappa shape index (κ3) is 2.58. The molecular formula is C26H35N3O.